The molecule has 2 unspecified atom stereocenters. The van der Waals surface area contributed by atoms with E-state index in [1.165, 1.54) is 0 Å². The quantitative estimate of drug-likeness (QED) is 0.628. The molecule has 2 aliphatic rings. The number of carbonyl (C=O) groups is 1. The van der Waals surface area contributed by atoms with E-state index in [1.807, 2.05) is 30.3 Å². The average Bonchev–Trinajstić information content (AvgIpc) is 2.91. The SMILES string of the molecule is CC(C)C1C=C(C(=O)N2CCOCCOCCOCCOCC2)OC(OCc2ccc(CO)cc2)C1. The van der Waals surface area contributed by atoms with Crippen LogP contribution >= 0.6 is 0 Å². The highest BCUT2D eigenvalue weighted by atomic mass is 16.7. The van der Waals surface area contributed by atoms with Gasteiger partial charge < -0.3 is 38.4 Å². The number of rotatable bonds is 6. The second-order valence-electron chi connectivity index (χ2n) is 9.25. The molecule has 0 bridgehead atoms. The number of aliphatic hydroxyl groups is 1. The van der Waals surface area contributed by atoms with Gasteiger partial charge in [-0.15, -0.1) is 0 Å². The molecule has 0 aromatic heterocycles. The second-order valence-corrected chi connectivity index (χ2v) is 9.25. The smallest absolute Gasteiger partial charge is 0.288 e. The number of amides is 1. The minimum absolute atomic E-state index is 0.00729. The van der Waals surface area contributed by atoms with E-state index in [0.717, 1.165) is 11.1 Å². The Morgan fingerprint density at radius 2 is 1.44 bits per heavy atom. The normalized spacial score (nSPS) is 23.3. The van der Waals surface area contributed by atoms with Gasteiger partial charge in [-0.1, -0.05) is 38.1 Å². The van der Waals surface area contributed by atoms with Crippen LogP contribution in [0.4, 0.5) is 0 Å². The highest BCUT2D eigenvalue weighted by molar-refractivity contribution is 5.91. The van der Waals surface area contributed by atoms with Gasteiger partial charge in [0.05, 0.1) is 66.1 Å². The highest BCUT2D eigenvalue weighted by Crippen LogP contribution is 2.30. The number of carbonyl (C=O) groups excluding carboxylic acids is 1. The van der Waals surface area contributed by atoms with E-state index in [0.29, 0.717) is 90.6 Å². The molecular formula is C27H41NO8. The van der Waals surface area contributed by atoms with E-state index in [2.05, 4.69) is 13.8 Å². The van der Waals surface area contributed by atoms with Gasteiger partial charge in [-0.05, 0) is 29.0 Å². The van der Waals surface area contributed by atoms with Gasteiger partial charge in [0.15, 0.2) is 5.76 Å². The zero-order valence-corrected chi connectivity index (χ0v) is 21.6. The maximum Gasteiger partial charge on any atom is 0.288 e. The Kier molecular flexibility index (Phi) is 12.7. The minimum atomic E-state index is -0.524. The predicted molar refractivity (Wildman–Crippen MR) is 133 cm³/mol. The van der Waals surface area contributed by atoms with E-state index in [9.17, 15) is 9.90 Å². The Balaban J connectivity index is 1.61. The Morgan fingerprint density at radius 3 is 1.97 bits per heavy atom. The average molecular weight is 508 g/mol. The van der Waals surface area contributed by atoms with Crippen molar-refractivity contribution < 1.29 is 38.3 Å². The molecule has 0 saturated carbocycles. The first kappa shape index (κ1) is 28.6. The van der Waals surface area contributed by atoms with Crippen molar-refractivity contribution in [2.24, 2.45) is 11.8 Å². The van der Waals surface area contributed by atoms with Crippen LogP contribution in [-0.2, 0) is 46.4 Å². The number of benzene rings is 1. The van der Waals surface area contributed by atoms with E-state index >= 15 is 0 Å². The Hall–Kier alpha value is -2.01. The van der Waals surface area contributed by atoms with Crippen LogP contribution < -0.4 is 0 Å². The lowest BCUT2D eigenvalue weighted by molar-refractivity contribution is -0.160. The van der Waals surface area contributed by atoms with Gasteiger partial charge in [-0.25, -0.2) is 0 Å². The van der Waals surface area contributed by atoms with Gasteiger partial charge >= 0.3 is 0 Å². The zero-order valence-electron chi connectivity index (χ0n) is 21.6. The van der Waals surface area contributed by atoms with Crippen molar-refractivity contribution in [2.45, 2.75) is 39.8 Å². The first-order valence-electron chi connectivity index (χ1n) is 12.9. The molecule has 2 heterocycles. The summed E-state index contributed by atoms with van der Waals surface area (Å²) in [5.41, 5.74) is 1.83. The number of aliphatic hydroxyl groups excluding tert-OH is 1. The van der Waals surface area contributed by atoms with Crippen molar-refractivity contribution in [1.29, 1.82) is 0 Å². The number of ether oxygens (including phenoxy) is 6. The van der Waals surface area contributed by atoms with Crippen molar-refractivity contribution >= 4 is 5.91 Å². The fourth-order valence-electron chi connectivity index (χ4n) is 3.91. The largest absolute Gasteiger partial charge is 0.459 e. The molecule has 202 valence electrons. The van der Waals surface area contributed by atoms with E-state index in [-0.39, 0.29) is 18.4 Å². The summed E-state index contributed by atoms with van der Waals surface area (Å²) in [7, 11) is 0. The maximum absolute atomic E-state index is 13.5. The lowest BCUT2D eigenvalue weighted by Gasteiger charge is -2.33. The van der Waals surface area contributed by atoms with Crippen LogP contribution in [0.15, 0.2) is 36.1 Å². The molecule has 1 N–H and O–H groups in total. The predicted octanol–water partition coefficient (Wildman–Crippen LogP) is 2.51. The Morgan fingerprint density at radius 1 is 0.917 bits per heavy atom. The summed E-state index contributed by atoms with van der Waals surface area (Å²) in [4.78, 5) is 15.2. The van der Waals surface area contributed by atoms with Gasteiger partial charge in [0.25, 0.3) is 5.91 Å². The first-order valence-corrected chi connectivity index (χ1v) is 12.9. The molecule has 1 aromatic rings. The fraction of sp³-hybridized carbons (Fsp3) is 0.667. The lowest BCUT2D eigenvalue weighted by Crippen LogP contribution is -2.40. The topological polar surface area (TPSA) is 95.9 Å². The van der Waals surface area contributed by atoms with Crippen LogP contribution in [0.3, 0.4) is 0 Å². The monoisotopic (exact) mass is 507 g/mol. The molecule has 1 aromatic carbocycles. The molecule has 9 nitrogen and oxygen atoms in total. The van der Waals surface area contributed by atoms with Crippen molar-refractivity contribution in [3.63, 3.8) is 0 Å². The van der Waals surface area contributed by atoms with Gasteiger partial charge in [-0.3, -0.25) is 4.79 Å². The molecule has 1 fully saturated rings. The van der Waals surface area contributed by atoms with Crippen LogP contribution in [0.25, 0.3) is 0 Å². The molecule has 2 aliphatic heterocycles. The summed E-state index contributed by atoms with van der Waals surface area (Å²) in [5, 5.41) is 9.24. The summed E-state index contributed by atoms with van der Waals surface area (Å²) in [6.45, 7) is 9.22. The third-order valence-corrected chi connectivity index (χ3v) is 6.21. The maximum atomic E-state index is 13.5. The van der Waals surface area contributed by atoms with E-state index in [1.54, 1.807) is 4.90 Å². The molecule has 1 saturated heterocycles. The van der Waals surface area contributed by atoms with Gasteiger partial charge in [0, 0.05) is 19.5 Å². The number of hydrogen-bond donors (Lipinski definition) is 1. The van der Waals surface area contributed by atoms with Crippen LogP contribution in [0.1, 0.15) is 31.4 Å². The Bertz CT molecular complexity index is 781. The zero-order chi connectivity index (χ0) is 25.6. The van der Waals surface area contributed by atoms with Crippen molar-refractivity contribution in [3.05, 3.63) is 47.2 Å². The van der Waals surface area contributed by atoms with Gasteiger partial charge in [0.1, 0.15) is 0 Å². The summed E-state index contributed by atoms with van der Waals surface area (Å²) < 4.78 is 34.4. The molecule has 3 rings (SSSR count). The van der Waals surface area contributed by atoms with Crippen LogP contribution in [0.2, 0.25) is 0 Å². The molecule has 36 heavy (non-hydrogen) atoms. The summed E-state index contributed by atoms with van der Waals surface area (Å²) in [6, 6.07) is 7.60. The summed E-state index contributed by atoms with van der Waals surface area (Å²) >= 11 is 0. The molecular weight excluding hydrogens is 466 g/mol. The number of allylic oxidation sites excluding steroid dienone is 1. The minimum Gasteiger partial charge on any atom is -0.459 e. The summed E-state index contributed by atoms with van der Waals surface area (Å²) in [6.07, 6.45) is 2.08. The lowest BCUT2D eigenvalue weighted by atomic mass is 9.90. The molecule has 0 spiro atoms. The molecule has 1 amide bonds. The second kappa shape index (κ2) is 16.0. The number of hydrogen-bond acceptors (Lipinski definition) is 8. The van der Waals surface area contributed by atoms with Crippen molar-refractivity contribution in [3.8, 4) is 0 Å². The van der Waals surface area contributed by atoms with E-state index < -0.39 is 6.29 Å². The molecule has 9 heteroatoms. The molecule has 2 atom stereocenters. The number of nitrogens with zero attached hydrogens (tertiary/aromatic N) is 1. The van der Waals surface area contributed by atoms with Crippen molar-refractivity contribution in [1.82, 2.24) is 4.90 Å². The standard InChI is InChI=1S/C27H41NO8/c1-21(2)24-17-25(36-26(18-24)35-20-23-5-3-22(19-29)4-6-23)27(30)28-7-9-31-11-13-33-15-16-34-14-12-32-10-8-28/h3-6,17,21,24,26,29H,7-16,18-20H2,1-2H3. The molecule has 0 aliphatic carbocycles. The van der Waals surface area contributed by atoms with Crippen LogP contribution in [0.5, 0.6) is 0 Å². The molecule has 0 radical (unpaired) electrons. The van der Waals surface area contributed by atoms with Crippen molar-refractivity contribution in [2.75, 3.05) is 65.9 Å². The van der Waals surface area contributed by atoms with Gasteiger partial charge in [0.2, 0.25) is 6.29 Å². The van der Waals surface area contributed by atoms with Crippen LogP contribution in [0, 0.1) is 11.8 Å². The van der Waals surface area contributed by atoms with Gasteiger partial charge in [-0.2, -0.15) is 0 Å². The van der Waals surface area contributed by atoms with E-state index in [4.69, 9.17) is 28.4 Å². The Labute approximate surface area is 214 Å². The first-order chi connectivity index (χ1) is 17.6. The fourth-order valence-corrected chi connectivity index (χ4v) is 3.91. The third kappa shape index (κ3) is 9.80. The van der Waals surface area contributed by atoms with Crippen LogP contribution in [-0.4, -0.2) is 88.1 Å². The third-order valence-electron chi connectivity index (χ3n) is 6.21. The highest BCUT2D eigenvalue weighted by Gasteiger charge is 2.31. The summed E-state index contributed by atoms with van der Waals surface area (Å²) in [5.74, 6) is 0.612.